The molecule has 2 aromatic heterocycles. The van der Waals surface area contributed by atoms with Gasteiger partial charge in [-0.05, 0) is 67.5 Å². The molecule has 2 atom stereocenters. The summed E-state index contributed by atoms with van der Waals surface area (Å²) >= 11 is 0. The van der Waals surface area contributed by atoms with E-state index in [4.69, 9.17) is 0 Å². The van der Waals surface area contributed by atoms with Gasteiger partial charge in [0.05, 0.1) is 5.92 Å². The van der Waals surface area contributed by atoms with Crippen molar-refractivity contribution < 1.29 is 9.59 Å². The normalized spacial score (nSPS) is 23.2. The molecule has 4 heterocycles. The first kappa shape index (κ1) is 19.5. The Bertz CT molecular complexity index is 1200. The average Bonchev–Trinajstić information content (AvgIpc) is 3.56. The molecule has 2 amide bonds. The largest absolute Gasteiger partial charge is 0.342 e. The first-order valence-electron chi connectivity index (χ1n) is 11.7. The van der Waals surface area contributed by atoms with Crippen LogP contribution in [0.15, 0.2) is 42.6 Å². The lowest BCUT2D eigenvalue weighted by Gasteiger charge is -2.33. The molecule has 1 aromatic carbocycles. The summed E-state index contributed by atoms with van der Waals surface area (Å²) in [6, 6.07) is 12.2. The van der Waals surface area contributed by atoms with E-state index in [-0.39, 0.29) is 23.7 Å². The number of amides is 2. The SMILES string of the molecule is O=C([C@H]1CC(=O)N(c2ccc3c(c2)CCC3)C1)N1CCC[C@H](c2nnc3ccccn23)C1. The van der Waals surface area contributed by atoms with Gasteiger partial charge in [-0.25, -0.2) is 0 Å². The number of pyridine rings is 1. The van der Waals surface area contributed by atoms with Crippen molar-refractivity contribution >= 4 is 23.1 Å². The standard InChI is InChI=1S/C25H27N5O2/c31-23-14-20(16-30(23)21-10-9-17-5-3-6-18(17)13-21)25(32)28-11-4-7-19(15-28)24-27-26-22-8-1-2-12-29(22)24/h1-2,8-10,12-13,19-20H,3-7,11,14-16H2/t19-,20-/m0/s1. The summed E-state index contributed by atoms with van der Waals surface area (Å²) in [6.07, 6.45) is 7.60. The van der Waals surface area contributed by atoms with E-state index in [1.165, 1.54) is 17.5 Å². The zero-order valence-corrected chi connectivity index (χ0v) is 18.1. The molecule has 2 saturated heterocycles. The second-order valence-electron chi connectivity index (χ2n) is 9.32. The Kier molecular flexibility index (Phi) is 4.70. The number of hydrogen-bond donors (Lipinski definition) is 0. The maximum absolute atomic E-state index is 13.4. The van der Waals surface area contributed by atoms with Crippen LogP contribution in [0.2, 0.25) is 0 Å². The molecule has 7 nitrogen and oxygen atoms in total. The number of likely N-dealkylation sites (tertiary alicyclic amines) is 1. The third-order valence-electron chi connectivity index (χ3n) is 7.31. The van der Waals surface area contributed by atoms with Gasteiger partial charge in [-0.2, -0.15) is 0 Å². The van der Waals surface area contributed by atoms with E-state index >= 15 is 0 Å². The number of aryl methyl sites for hydroxylation is 2. The zero-order valence-electron chi connectivity index (χ0n) is 18.1. The van der Waals surface area contributed by atoms with E-state index in [0.29, 0.717) is 19.5 Å². The minimum atomic E-state index is -0.273. The Hall–Kier alpha value is -3.22. The van der Waals surface area contributed by atoms with Gasteiger partial charge in [0.1, 0.15) is 5.82 Å². The number of anilines is 1. The van der Waals surface area contributed by atoms with Crippen molar-refractivity contribution in [2.45, 2.75) is 44.4 Å². The number of rotatable bonds is 3. The quantitative estimate of drug-likeness (QED) is 0.642. The monoisotopic (exact) mass is 429 g/mol. The molecule has 0 saturated carbocycles. The maximum atomic E-state index is 13.4. The Morgan fingerprint density at radius 1 is 1.00 bits per heavy atom. The van der Waals surface area contributed by atoms with Crippen LogP contribution in [0.5, 0.6) is 0 Å². The molecular weight excluding hydrogens is 402 g/mol. The van der Waals surface area contributed by atoms with Gasteiger partial charge in [-0.1, -0.05) is 12.1 Å². The number of fused-ring (bicyclic) bond motifs is 2. The summed E-state index contributed by atoms with van der Waals surface area (Å²) in [5.74, 6) is 0.957. The smallest absolute Gasteiger partial charge is 0.228 e. The molecule has 3 aliphatic rings. The topological polar surface area (TPSA) is 70.8 Å². The Balaban J connectivity index is 1.17. The van der Waals surface area contributed by atoms with Crippen LogP contribution in [0.1, 0.15) is 48.6 Å². The number of nitrogens with zero attached hydrogens (tertiary/aromatic N) is 5. The molecule has 1 aliphatic carbocycles. The minimum absolute atomic E-state index is 0.0540. The van der Waals surface area contributed by atoms with Crippen molar-refractivity contribution in [2.24, 2.45) is 5.92 Å². The third-order valence-corrected chi connectivity index (χ3v) is 7.31. The summed E-state index contributed by atoms with van der Waals surface area (Å²) in [6.45, 7) is 1.86. The van der Waals surface area contributed by atoms with Gasteiger partial charge >= 0.3 is 0 Å². The lowest BCUT2D eigenvalue weighted by atomic mass is 9.95. The minimum Gasteiger partial charge on any atom is -0.342 e. The molecule has 7 heteroatoms. The number of hydrogen-bond acceptors (Lipinski definition) is 4. The maximum Gasteiger partial charge on any atom is 0.228 e. The van der Waals surface area contributed by atoms with E-state index in [9.17, 15) is 9.59 Å². The molecule has 6 rings (SSSR count). The predicted octanol–water partition coefficient (Wildman–Crippen LogP) is 2.98. The Labute approximate surface area is 187 Å². The average molecular weight is 430 g/mol. The Morgan fingerprint density at radius 2 is 1.91 bits per heavy atom. The first-order valence-corrected chi connectivity index (χ1v) is 11.7. The van der Waals surface area contributed by atoms with Gasteiger partial charge in [0, 0.05) is 43.9 Å². The molecule has 2 fully saturated rings. The fraction of sp³-hybridized carbons (Fsp3) is 0.440. The van der Waals surface area contributed by atoms with Gasteiger partial charge in [0.25, 0.3) is 0 Å². The summed E-state index contributed by atoms with van der Waals surface area (Å²) in [4.78, 5) is 30.0. The van der Waals surface area contributed by atoms with Crippen molar-refractivity contribution in [3.8, 4) is 0 Å². The van der Waals surface area contributed by atoms with Gasteiger partial charge in [0.15, 0.2) is 5.65 Å². The van der Waals surface area contributed by atoms with Crippen LogP contribution in [-0.2, 0) is 22.4 Å². The zero-order chi connectivity index (χ0) is 21.7. The van der Waals surface area contributed by atoms with Crippen LogP contribution in [0, 0.1) is 5.92 Å². The van der Waals surface area contributed by atoms with Crippen molar-refractivity contribution in [1.29, 1.82) is 0 Å². The molecule has 3 aromatic rings. The highest BCUT2D eigenvalue weighted by atomic mass is 16.2. The van der Waals surface area contributed by atoms with Crippen LogP contribution in [0.3, 0.4) is 0 Å². The summed E-state index contributed by atoms with van der Waals surface area (Å²) < 4.78 is 2.02. The van der Waals surface area contributed by atoms with Crippen molar-refractivity contribution in [2.75, 3.05) is 24.5 Å². The number of carbonyl (C=O) groups excluding carboxylic acids is 2. The fourth-order valence-corrected chi connectivity index (χ4v) is 5.63. The number of carbonyl (C=O) groups is 2. The molecule has 0 N–H and O–H groups in total. The third kappa shape index (κ3) is 3.27. The molecule has 2 aliphatic heterocycles. The van der Waals surface area contributed by atoms with Crippen molar-refractivity contribution in [3.05, 3.63) is 59.5 Å². The van der Waals surface area contributed by atoms with Crippen LogP contribution in [-0.4, -0.2) is 50.9 Å². The van der Waals surface area contributed by atoms with Crippen LogP contribution >= 0.6 is 0 Å². The number of benzene rings is 1. The second kappa shape index (κ2) is 7.73. The molecule has 0 unspecified atom stereocenters. The fourth-order valence-electron chi connectivity index (χ4n) is 5.63. The van der Waals surface area contributed by atoms with E-state index in [1.807, 2.05) is 44.7 Å². The van der Waals surface area contributed by atoms with Gasteiger partial charge in [-0.3, -0.25) is 14.0 Å². The Morgan fingerprint density at radius 3 is 2.84 bits per heavy atom. The first-order chi connectivity index (χ1) is 15.7. The summed E-state index contributed by atoms with van der Waals surface area (Å²) in [5, 5.41) is 8.69. The highest BCUT2D eigenvalue weighted by Gasteiger charge is 2.39. The summed E-state index contributed by atoms with van der Waals surface area (Å²) in [5.41, 5.74) is 4.52. The van der Waals surface area contributed by atoms with Crippen LogP contribution in [0.4, 0.5) is 5.69 Å². The predicted molar refractivity (Wildman–Crippen MR) is 120 cm³/mol. The van der Waals surface area contributed by atoms with Gasteiger partial charge < -0.3 is 9.80 Å². The lowest BCUT2D eigenvalue weighted by Crippen LogP contribution is -2.43. The van der Waals surface area contributed by atoms with Crippen LogP contribution < -0.4 is 4.90 Å². The van der Waals surface area contributed by atoms with Crippen molar-refractivity contribution in [3.63, 3.8) is 0 Å². The highest BCUT2D eigenvalue weighted by molar-refractivity contribution is 6.00. The molecular formula is C25H27N5O2. The van der Waals surface area contributed by atoms with E-state index < -0.39 is 0 Å². The number of piperidine rings is 1. The van der Waals surface area contributed by atoms with Gasteiger partial charge in [0.2, 0.25) is 11.8 Å². The molecule has 164 valence electrons. The number of aromatic nitrogens is 3. The molecule has 32 heavy (non-hydrogen) atoms. The van der Waals surface area contributed by atoms with Crippen LogP contribution in [0.25, 0.3) is 5.65 Å². The van der Waals surface area contributed by atoms with E-state index in [1.54, 1.807) is 0 Å². The highest BCUT2D eigenvalue weighted by Crippen LogP contribution is 2.33. The van der Waals surface area contributed by atoms with E-state index in [0.717, 1.165) is 49.4 Å². The van der Waals surface area contributed by atoms with Gasteiger partial charge in [-0.15, -0.1) is 10.2 Å². The molecule has 0 spiro atoms. The molecule has 0 bridgehead atoms. The molecule has 0 radical (unpaired) electrons. The second-order valence-corrected chi connectivity index (χ2v) is 9.32. The summed E-state index contributed by atoms with van der Waals surface area (Å²) in [7, 11) is 0. The lowest BCUT2D eigenvalue weighted by molar-refractivity contribution is -0.137. The van der Waals surface area contributed by atoms with E-state index in [2.05, 4.69) is 22.3 Å². The van der Waals surface area contributed by atoms with Crippen molar-refractivity contribution in [1.82, 2.24) is 19.5 Å².